The highest BCUT2D eigenvalue weighted by molar-refractivity contribution is 5.99. The van der Waals surface area contributed by atoms with E-state index in [1.807, 2.05) is 11.1 Å². The molecule has 4 heterocycles. The van der Waals surface area contributed by atoms with Crippen LogP contribution in [0.4, 0.5) is 5.82 Å². The highest BCUT2D eigenvalue weighted by Gasteiger charge is 2.50. The summed E-state index contributed by atoms with van der Waals surface area (Å²) in [6.07, 6.45) is 8.36. The molecule has 3 fully saturated rings. The molecule has 36 heavy (non-hydrogen) atoms. The molecule has 2 aromatic heterocycles. The van der Waals surface area contributed by atoms with Crippen molar-refractivity contribution in [3.8, 4) is 11.1 Å². The van der Waals surface area contributed by atoms with Crippen LogP contribution in [0.2, 0.25) is 0 Å². The van der Waals surface area contributed by atoms with E-state index in [1.54, 1.807) is 0 Å². The van der Waals surface area contributed by atoms with Crippen LogP contribution >= 0.6 is 0 Å². The van der Waals surface area contributed by atoms with E-state index in [4.69, 9.17) is 4.98 Å². The highest BCUT2D eigenvalue weighted by atomic mass is 16.2. The monoisotopic (exact) mass is 481 g/mol. The first-order chi connectivity index (χ1) is 17.3. The maximum Gasteiger partial charge on any atom is 0.245 e. The molecule has 1 saturated carbocycles. The first-order valence-corrected chi connectivity index (χ1v) is 13.4. The van der Waals surface area contributed by atoms with E-state index in [9.17, 15) is 4.79 Å². The van der Waals surface area contributed by atoms with Crippen molar-refractivity contribution >= 4 is 22.6 Å². The van der Waals surface area contributed by atoms with Crippen molar-refractivity contribution in [2.45, 2.75) is 58.3 Å². The van der Waals surface area contributed by atoms with Crippen molar-refractivity contribution in [3.05, 3.63) is 52.9 Å². The Bertz CT molecular complexity index is 1460. The molecule has 2 saturated heterocycles. The number of aromatic nitrogens is 3. The van der Waals surface area contributed by atoms with Gasteiger partial charge >= 0.3 is 0 Å². The summed E-state index contributed by atoms with van der Waals surface area (Å²) in [5.41, 5.74) is 11.1. The van der Waals surface area contributed by atoms with Gasteiger partial charge in [0.25, 0.3) is 0 Å². The minimum atomic E-state index is 0.0549. The average molecular weight is 482 g/mol. The van der Waals surface area contributed by atoms with Gasteiger partial charge in [-0.2, -0.15) is 5.10 Å². The minimum absolute atomic E-state index is 0.0549. The fourth-order valence-electron chi connectivity index (χ4n) is 7.86. The number of pyridine rings is 1. The number of fused-ring (bicyclic) bond motifs is 6. The number of carbonyl (C=O) groups is 1. The number of amides is 1. The Hall–Kier alpha value is -3.15. The average Bonchev–Trinajstić information content (AvgIpc) is 3.63. The van der Waals surface area contributed by atoms with Crippen molar-refractivity contribution < 1.29 is 4.79 Å². The largest absolute Gasteiger partial charge is 0.356 e. The Kier molecular flexibility index (Phi) is 4.56. The Morgan fingerprint density at radius 1 is 1.11 bits per heavy atom. The predicted octanol–water partition coefficient (Wildman–Crippen LogP) is 5.15. The molecule has 6 heteroatoms. The molecule has 1 aromatic carbocycles. The molecule has 2 aliphatic carbocycles. The van der Waals surface area contributed by atoms with Crippen LogP contribution in [0.15, 0.2) is 24.9 Å². The molecule has 3 aromatic rings. The van der Waals surface area contributed by atoms with Crippen LogP contribution in [-0.4, -0.2) is 51.8 Å². The van der Waals surface area contributed by atoms with Crippen molar-refractivity contribution in [3.63, 3.8) is 0 Å². The van der Waals surface area contributed by atoms with Gasteiger partial charge in [0, 0.05) is 55.5 Å². The molecule has 2 aliphatic heterocycles. The number of hydrogen-bond acceptors (Lipinski definition) is 4. The van der Waals surface area contributed by atoms with E-state index in [-0.39, 0.29) is 11.3 Å². The number of anilines is 1. The van der Waals surface area contributed by atoms with E-state index < -0.39 is 0 Å². The molecule has 1 amide bonds. The number of rotatable bonds is 3. The number of carbonyl (C=O) groups excluding carboxylic acids is 1. The van der Waals surface area contributed by atoms with Crippen molar-refractivity contribution in [2.24, 2.45) is 12.5 Å². The number of hydrogen-bond donors (Lipinski definition) is 0. The summed E-state index contributed by atoms with van der Waals surface area (Å²) in [7, 11) is 2.07. The molecule has 1 spiro atoms. The summed E-state index contributed by atoms with van der Waals surface area (Å²) >= 11 is 0. The van der Waals surface area contributed by atoms with Crippen LogP contribution in [0.3, 0.4) is 0 Å². The summed E-state index contributed by atoms with van der Waals surface area (Å²) in [5, 5.41) is 5.87. The van der Waals surface area contributed by atoms with Gasteiger partial charge < -0.3 is 9.80 Å². The fourth-order valence-corrected chi connectivity index (χ4v) is 7.86. The van der Waals surface area contributed by atoms with Crippen LogP contribution in [0, 0.1) is 26.2 Å². The summed E-state index contributed by atoms with van der Waals surface area (Å²) < 4.78 is 2.06. The Morgan fingerprint density at radius 3 is 2.67 bits per heavy atom. The van der Waals surface area contributed by atoms with E-state index in [1.165, 1.54) is 75.3 Å². The Labute approximate surface area is 213 Å². The third-order valence-corrected chi connectivity index (χ3v) is 9.78. The molecule has 4 aliphatic rings. The molecular formula is C30H35N5O. The number of likely N-dealkylation sites (tertiary alicyclic amines) is 1. The molecule has 186 valence electrons. The lowest BCUT2D eigenvalue weighted by molar-refractivity contribution is -0.136. The van der Waals surface area contributed by atoms with E-state index in [0.29, 0.717) is 11.8 Å². The zero-order valence-corrected chi connectivity index (χ0v) is 21.9. The van der Waals surface area contributed by atoms with Gasteiger partial charge in [-0.25, -0.2) is 4.98 Å². The topological polar surface area (TPSA) is 54.3 Å². The second-order valence-electron chi connectivity index (χ2n) is 11.9. The third kappa shape index (κ3) is 2.87. The molecule has 6 nitrogen and oxygen atoms in total. The molecule has 0 unspecified atom stereocenters. The van der Waals surface area contributed by atoms with Crippen LogP contribution < -0.4 is 4.90 Å². The number of benzene rings is 1. The molecule has 0 radical (unpaired) electrons. The minimum Gasteiger partial charge on any atom is -0.356 e. The Balaban J connectivity index is 1.39. The molecule has 2 atom stereocenters. The first kappa shape index (κ1) is 22.1. The van der Waals surface area contributed by atoms with Crippen molar-refractivity contribution in [2.75, 3.05) is 31.1 Å². The summed E-state index contributed by atoms with van der Waals surface area (Å²) in [5.74, 6) is 2.44. The zero-order valence-electron chi connectivity index (χ0n) is 21.9. The number of aryl methyl sites for hydroxylation is 2. The second kappa shape index (κ2) is 7.44. The zero-order chi connectivity index (χ0) is 24.9. The van der Waals surface area contributed by atoms with Crippen LogP contribution in [0.25, 0.3) is 22.0 Å². The smallest absolute Gasteiger partial charge is 0.245 e. The van der Waals surface area contributed by atoms with Gasteiger partial charge in [-0.05, 0) is 92.3 Å². The summed E-state index contributed by atoms with van der Waals surface area (Å²) in [4.78, 5) is 22.0. The van der Waals surface area contributed by atoms with Crippen molar-refractivity contribution in [1.82, 2.24) is 19.7 Å². The maximum atomic E-state index is 12.1. The van der Waals surface area contributed by atoms with Gasteiger partial charge in [0.1, 0.15) is 5.82 Å². The van der Waals surface area contributed by atoms with Crippen LogP contribution in [0.1, 0.15) is 65.5 Å². The van der Waals surface area contributed by atoms with E-state index in [0.717, 1.165) is 38.4 Å². The molecular weight excluding hydrogens is 446 g/mol. The SMILES string of the molecule is C=CC(=O)N1CC2(CCN(c3nc4c(c(-c5c(C)c(C)cc6cnn(C)c56)c3C)[C@H]3CC[C@@H]4C3)C2)C1. The summed E-state index contributed by atoms with van der Waals surface area (Å²) in [6, 6.07) is 2.28. The molecule has 2 bridgehead atoms. The first-order valence-electron chi connectivity index (χ1n) is 13.4. The standard InChI is InChI=1S/C30H35N5O/c1-6-23(36)35-15-30(16-35)9-10-34(14-30)29-19(4)24(26-20-7-8-21(12-20)27(26)32-29)25-18(3)17(2)11-22-13-31-33(5)28(22)25/h6,11,13,20-21H,1,7-10,12,14-16H2,2-5H3/t20-,21+/m0/s1. The van der Waals surface area contributed by atoms with Gasteiger partial charge in [0.05, 0.1) is 17.4 Å². The van der Waals surface area contributed by atoms with Crippen LogP contribution in [0.5, 0.6) is 0 Å². The van der Waals surface area contributed by atoms with Crippen molar-refractivity contribution in [1.29, 1.82) is 0 Å². The van der Waals surface area contributed by atoms with E-state index >= 15 is 0 Å². The maximum absolute atomic E-state index is 12.1. The quantitative estimate of drug-likeness (QED) is 0.486. The Morgan fingerprint density at radius 2 is 1.89 bits per heavy atom. The van der Waals surface area contributed by atoms with Gasteiger partial charge in [-0.3, -0.25) is 9.48 Å². The second-order valence-corrected chi connectivity index (χ2v) is 11.9. The lowest BCUT2D eigenvalue weighted by atomic mass is 9.79. The van der Waals surface area contributed by atoms with Gasteiger partial charge in [-0.1, -0.05) is 6.58 Å². The van der Waals surface area contributed by atoms with Crippen LogP contribution in [-0.2, 0) is 11.8 Å². The highest BCUT2D eigenvalue weighted by Crippen LogP contribution is 2.58. The number of nitrogens with zero attached hydrogens (tertiary/aromatic N) is 5. The summed E-state index contributed by atoms with van der Waals surface area (Å²) in [6.45, 7) is 14.1. The molecule has 0 N–H and O–H groups in total. The predicted molar refractivity (Wildman–Crippen MR) is 144 cm³/mol. The van der Waals surface area contributed by atoms with Gasteiger partial charge in [0.15, 0.2) is 0 Å². The van der Waals surface area contributed by atoms with E-state index in [2.05, 4.69) is 55.1 Å². The lowest BCUT2D eigenvalue weighted by Gasteiger charge is -2.47. The third-order valence-electron chi connectivity index (χ3n) is 9.78. The molecule has 7 rings (SSSR count). The lowest BCUT2D eigenvalue weighted by Crippen LogP contribution is -2.59. The normalized spacial score (nSPS) is 23.6. The van der Waals surface area contributed by atoms with Gasteiger partial charge in [-0.15, -0.1) is 0 Å². The fraction of sp³-hybridized carbons (Fsp3) is 0.500. The van der Waals surface area contributed by atoms with Gasteiger partial charge in [0.2, 0.25) is 5.91 Å².